The van der Waals surface area contributed by atoms with Crippen LogP contribution in [0.25, 0.3) is 0 Å². The first kappa shape index (κ1) is 13.2. The second-order valence-electron chi connectivity index (χ2n) is 4.95. The van der Waals surface area contributed by atoms with E-state index in [1.165, 1.54) is 5.69 Å². The number of halogens is 1. The zero-order chi connectivity index (χ0) is 13.9. The van der Waals surface area contributed by atoms with Gasteiger partial charge in [-0.25, -0.2) is 9.97 Å². The fourth-order valence-electron chi connectivity index (χ4n) is 2.43. The van der Waals surface area contributed by atoms with Gasteiger partial charge in [-0.1, -0.05) is 17.7 Å². The number of rotatable bonds is 2. The van der Waals surface area contributed by atoms with Crippen LogP contribution in [0.3, 0.4) is 0 Å². The van der Waals surface area contributed by atoms with E-state index in [1.54, 1.807) is 0 Å². The van der Waals surface area contributed by atoms with E-state index in [0.717, 1.165) is 42.8 Å². The molecule has 0 spiro atoms. The van der Waals surface area contributed by atoms with Gasteiger partial charge in [0, 0.05) is 48.8 Å². The average molecular weight is 289 g/mol. The summed E-state index contributed by atoms with van der Waals surface area (Å²) in [6.07, 6.45) is 1.82. The van der Waals surface area contributed by atoms with Crippen LogP contribution in [-0.4, -0.2) is 36.1 Å². The molecule has 0 unspecified atom stereocenters. The molecule has 1 aliphatic rings. The Morgan fingerprint density at radius 2 is 1.80 bits per heavy atom. The van der Waals surface area contributed by atoms with Gasteiger partial charge in [-0.3, -0.25) is 0 Å². The molecule has 0 radical (unpaired) electrons. The van der Waals surface area contributed by atoms with E-state index >= 15 is 0 Å². The average Bonchev–Trinajstić information content (AvgIpc) is 2.47. The first-order chi connectivity index (χ1) is 9.72. The van der Waals surface area contributed by atoms with Gasteiger partial charge in [0.05, 0.1) is 0 Å². The second-order valence-corrected chi connectivity index (χ2v) is 5.39. The third-order valence-corrected chi connectivity index (χ3v) is 3.75. The summed E-state index contributed by atoms with van der Waals surface area (Å²) in [5.41, 5.74) is 2.19. The van der Waals surface area contributed by atoms with Gasteiger partial charge in [-0.05, 0) is 31.2 Å². The monoisotopic (exact) mass is 288 g/mol. The Morgan fingerprint density at radius 1 is 1.05 bits per heavy atom. The molecule has 20 heavy (non-hydrogen) atoms. The van der Waals surface area contributed by atoms with Crippen molar-refractivity contribution in [1.29, 1.82) is 0 Å². The van der Waals surface area contributed by atoms with E-state index in [-0.39, 0.29) is 0 Å². The van der Waals surface area contributed by atoms with Crippen LogP contribution in [0.1, 0.15) is 5.69 Å². The topological polar surface area (TPSA) is 32.3 Å². The number of nitrogens with zero attached hydrogens (tertiary/aromatic N) is 4. The van der Waals surface area contributed by atoms with Crippen molar-refractivity contribution in [2.45, 2.75) is 6.92 Å². The van der Waals surface area contributed by atoms with Crippen molar-refractivity contribution in [3.8, 4) is 0 Å². The summed E-state index contributed by atoms with van der Waals surface area (Å²) >= 11 is 6.05. The zero-order valence-corrected chi connectivity index (χ0v) is 12.2. The summed E-state index contributed by atoms with van der Waals surface area (Å²) in [7, 11) is 0. The van der Waals surface area contributed by atoms with Crippen molar-refractivity contribution in [3.05, 3.63) is 47.2 Å². The molecule has 104 valence electrons. The number of hydrogen-bond acceptors (Lipinski definition) is 4. The molecule has 0 bridgehead atoms. The summed E-state index contributed by atoms with van der Waals surface area (Å²) < 4.78 is 0. The molecule has 0 atom stereocenters. The van der Waals surface area contributed by atoms with E-state index in [1.807, 2.05) is 37.4 Å². The SMILES string of the molecule is Cc1ccnc(N2CCN(c3cccc(Cl)c3)CC2)n1. The Morgan fingerprint density at radius 3 is 2.50 bits per heavy atom. The van der Waals surface area contributed by atoms with Crippen LogP contribution < -0.4 is 9.80 Å². The fourth-order valence-corrected chi connectivity index (χ4v) is 2.61. The third kappa shape index (κ3) is 2.85. The highest BCUT2D eigenvalue weighted by molar-refractivity contribution is 6.30. The number of anilines is 2. The smallest absolute Gasteiger partial charge is 0.225 e. The van der Waals surface area contributed by atoms with Crippen LogP contribution in [-0.2, 0) is 0 Å². The molecule has 0 N–H and O–H groups in total. The Hall–Kier alpha value is -1.81. The van der Waals surface area contributed by atoms with E-state index < -0.39 is 0 Å². The normalized spacial score (nSPS) is 15.5. The Bertz CT molecular complexity index is 540. The van der Waals surface area contributed by atoms with Crippen LogP contribution in [0.4, 0.5) is 11.6 Å². The van der Waals surface area contributed by atoms with E-state index in [9.17, 15) is 0 Å². The van der Waals surface area contributed by atoms with Gasteiger partial charge in [-0.15, -0.1) is 0 Å². The van der Waals surface area contributed by atoms with Crippen LogP contribution in [0.2, 0.25) is 5.02 Å². The number of benzene rings is 1. The van der Waals surface area contributed by atoms with E-state index in [2.05, 4.69) is 25.8 Å². The molecule has 0 saturated carbocycles. The molecule has 0 aliphatic carbocycles. The minimum Gasteiger partial charge on any atom is -0.368 e. The lowest BCUT2D eigenvalue weighted by Crippen LogP contribution is -2.47. The highest BCUT2D eigenvalue weighted by Gasteiger charge is 2.19. The molecule has 2 heterocycles. The predicted molar refractivity (Wildman–Crippen MR) is 82.6 cm³/mol. The second kappa shape index (κ2) is 5.67. The van der Waals surface area contributed by atoms with Crippen molar-refractivity contribution in [2.75, 3.05) is 36.0 Å². The summed E-state index contributed by atoms with van der Waals surface area (Å²) in [6, 6.07) is 9.94. The number of aryl methyl sites for hydroxylation is 1. The lowest BCUT2D eigenvalue weighted by molar-refractivity contribution is 0.639. The summed E-state index contributed by atoms with van der Waals surface area (Å²) in [5.74, 6) is 0.829. The molecule has 0 amide bonds. The molecule has 1 aromatic heterocycles. The van der Waals surface area contributed by atoms with Crippen molar-refractivity contribution in [2.24, 2.45) is 0 Å². The predicted octanol–water partition coefficient (Wildman–Crippen LogP) is 2.77. The molecule has 1 saturated heterocycles. The number of piperazine rings is 1. The number of hydrogen-bond donors (Lipinski definition) is 0. The van der Waals surface area contributed by atoms with Crippen molar-refractivity contribution >= 4 is 23.2 Å². The molecule has 3 rings (SSSR count). The third-order valence-electron chi connectivity index (χ3n) is 3.52. The molecule has 4 nitrogen and oxygen atoms in total. The van der Waals surface area contributed by atoms with Gasteiger partial charge in [-0.2, -0.15) is 0 Å². The highest BCUT2D eigenvalue weighted by atomic mass is 35.5. The molecule has 1 aromatic carbocycles. The molecular weight excluding hydrogens is 272 g/mol. The quantitative estimate of drug-likeness (QED) is 0.851. The maximum absolute atomic E-state index is 6.05. The van der Waals surface area contributed by atoms with Crippen molar-refractivity contribution in [3.63, 3.8) is 0 Å². The Labute approximate surface area is 124 Å². The maximum Gasteiger partial charge on any atom is 0.225 e. The lowest BCUT2D eigenvalue weighted by Gasteiger charge is -2.36. The van der Waals surface area contributed by atoms with Gasteiger partial charge >= 0.3 is 0 Å². The first-order valence-electron chi connectivity index (χ1n) is 6.77. The van der Waals surface area contributed by atoms with Gasteiger partial charge in [0.1, 0.15) is 0 Å². The summed E-state index contributed by atoms with van der Waals surface area (Å²) in [5, 5.41) is 0.784. The minimum absolute atomic E-state index is 0.784. The molecule has 2 aromatic rings. The largest absolute Gasteiger partial charge is 0.368 e. The van der Waals surface area contributed by atoms with Gasteiger partial charge in [0.25, 0.3) is 0 Å². The Balaban J connectivity index is 1.68. The molecule has 5 heteroatoms. The summed E-state index contributed by atoms with van der Waals surface area (Å²) in [4.78, 5) is 13.4. The Kier molecular flexibility index (Phi) is 3.74. The van der Waals surface area contributed by atoms with Crippen molar-refractivity contribution < 1.29 is 0 Å². The van der Waals surface area contributed by atoms with E-state index in [0.29, 0.717) is 0 Å². The van der Waals surface area contributed by atoms with Crippen LogP contribution >= 0.6 is 11.6 Å². The zero-order valence-electron chi connectivity index (χ0n) is 11.5. The molecule has 1 aliphatic heterocycles. The van der Waals surface area contributed by atoms with E-state index in [4.69, 9.17) is 11.6 Å². The van der Waals surface area contributed by atoms with Gasteiger partial charge in [0.2, 0.25) is 5.95 Å². The van der Waals surface area contributed by atoms with Crippen LogP contribution in [0.15, 0.2) is 36.5 Å². The molecule has 1 fully saturated rings. The standard InChI is InChI=1S/C15H17ClN4/c1-12-5-6-17-15(18-12)20-9-7-19(8-10-20)14-4-2-3-13(16)11-14/h2-6,11H,7-10H2,1H3. The van der Waals surface area contributed by atoms with Crippen molar-refractivity contribution in [1.82, 2.24) is 9.97 Å². The maximum atomic E-state index is 6.05. The van der Waals surface area contributed by atoms with Crippen LogP contribution in [0.5, 0.6) is 0 Å². The number of aromatic nitrogens is 2. The highest BCUT2D eigenvalue weighted by Crippen LogP contribution is 2.21. The summed E-state index contributed by atoms with van der Waals surface area (Å²) in [6.45, 7) is 5.76. The minimum atomic E-state index is 0.784. The first-order valence-corrected chi connectivity index (χ1v) is 7.15. The van der Waals surface area contributed by atoms with Gasteiger partial charge in [0.15, 0.2) is 0 Å². The van der Waals surface area contributed by atoms with Crippen LogP contribution in [0, 0.1) is 6.92 Å². The lowest BCUT2D eigenvalue weighted by atomic mass is 10.2. The fraction of sp³-hybridized carbons (Fsp3) is 0.333. The molecular formula is C15H17ClN4. The van der Waals surface area contributed by atoms with Gasteiger partial charge < -0.3 is 9.80 Å².